The summed E-state index contributed by atoms with van der Waals surface area (Å²) in [5.74, 6) is 0.275. The Morgan fingerprint density at radius 2 is 1.83 bits per heavy atom. The van der Waals surface area contributed by atoms with Gasteiger partial charge in [-0.15, -0.1) is 0 Å². The fraction of sp³-hybridized carbons (Fsp3) is 0.778. The van der Waals surface area contributed by atoms with Crippen LogP contribution < -0.4 is 5.32 Å². The molecule has 0 unspecified atom stereocenters. The van der Waals surface area contributed by atoms with Crippen LogP contribution in [0.5, 0.6) is 0 Å². The molecule has 0 aliphatic heterocycles. The standard InChI is InChI=1S/C9H13NO2/c11-8(6-1-2-6)5-9(12)10-7-3-4-7/h6-7H,1-5H2,(H,10,12). The SMILES string of the molecule is O=C(CC(=O)C1CC1)NC1CC1. The molecule has 0 atom stereocenters. The Bertz CT molecular complexity index is 217. The number of Topliss-reactive ketones (excluding diaryl/α,β-unsaturated/α-hetero) is 1. The maximum Gasteiger partial charge on any atom is 0.227 e. The van der Waals surface area contributed by atoms with Gasteiger partial charge in [-0.25, -0.2) is 0 Å². The van der Waals surface area contributed by atoms with Gasteiger partial charge in [-0.05, 0) is 25.7 Å². The first-order valence-electron chi connectivity index (χ1n) is 4.58. The molecule has 2 rings (SSSR count). The lowest BCUT2D eigenvalue weighted by molar-refractivity contribution is -0.128. The molecule has 0 heterocycles. The first-order chi connectivity index (χ1) is 5.75. The summed E-state index contributed by atoms with van der Waals surface area (Å²) in [6.45, 7) is 0. The summed E-state index contributed by atoms with van der Waals surface area (Å²) in [6, 6.07) is 0.379. The van der Waals surface area contributed by atoms with Crippen molar-refractivity contribution < 1.29 is 9.59 Å². The molecule has 3 nitrogen and oxygen atoms in total. The number of hydrogen-bond acceptors (Lipinski definition) is 2. The largest absolute Gasteiger partial charge is 0.353 e. The van der Waals surface area contributed by atoms with Gasteiger partial charge in [0.1, 0.15) is 5.78 Å². The first-order valence-corrected chi connectivity index (χ1v) is 4.58. The Morgan fingerprint density at radius 3 is 2.33 bits per heavy atom. The van der Waals surface area contributed by atoms with Gasteiger partial charge in [0.15, 0.2) is 0 Å². The van der Waals surface area contributed by atoms with Crippen molar-refractivity contribution in [2.24, 2.45) is 5.92 Å². The van der Waals surface area contributed by atoms with Crippen LogP contribution >= 0.6 is 0 Å². The first kappa shape index (κ1) is 7.77. The average Bonchev–Trinajstić information content (AvgIpc) is 2.83. The molecule has 2 aliphatic carbocycles. The zero-order valence-corrected chi connectivity index (χ0v) is 7.01. The van der Waals surface area contributed by atoms with Gasteiger partial charge >= 0.3 is 0 Å². The van der Waals surface area contributed by atoms with Crippen molar-refractivity contribution in [1.29, 1.82) is 0 Å². The Kier molecular flexibility index (Phi) is 1.87. The molecule has 0 saturated heterocycles. The van der Waals surface area contributed by atoms with E-state index in [1.807, 2.05) is 0 Å². The Morgan fingerprint density at radius 1 is 1.17 bits per heavy atom. The van der Waals surface area contributed by atoms with E-state index in [2.05, 4.69) is 5.32 Å². The third-order valence-electron chi connectivity index (χ3n) is 2.31. The van der Waals surface area contributed by atoms with E-state index in [1.54, 1.807) is 0 Å². The quantitative estimate of drug-likeness (QED) is 0.624. The van der Waals surface area contributed by atoms with E-state index in [4.69, 9.17) is 0 Å². The van der Waals surface area contributed by atoms with E-state index in [9.17, 15) is 9.59 Å². The molecule has 2 fully saturated rings. The molecule has 0 aromatic heterocycles. The minimum atomic E-state index is -0.0746. The Hall–Kier alpha value is -0.860. The highest BCUT2D eigenvalue weighted by molar-refractivity contribution is 6.00. The maximum absolute atomic E-state index is 11.2. The van der Waals surface area contributed by atoms with Gasteiger partial charge in [-0.3, -0.25) is 9.59 Å². The van der Waals surface area contributed by atoms with E-state index < -0.39 is 0 Å². The second kappa shape index (κ2) is 2.88. The highest BCUT2D eigenvalue weighted by Crippen LogP contribution is 2.30. The molecule has 1 amide bonds. The van der Waals surface area contributed by atoms with Crippen molar-refractivity contribution in [2.75, 3.05) is 0 Å². The van der Waals surface area contributed by atoms with E-state index in [0.29, 0.717) is 6.04 Å². The summed E-state index contributed by atoms with van der Waals surface area (Å²) in [4.78, 5) is 22.3. The van der Waals surface area contributed by atoms with Crippen molar-refractivity contribution in [3.05, 3.63) is 0 Å². The van der Waals surface area contributed by atoms with E-state index in [0.717, 1.165) is 25.7 Å². The summed E-state index contributed by atoms with van der Waals surface area (Å²) in [7, 11) is 0. The maximum atomic E-state index is 11.2. The number of carbonyl (C=O) groups is 2. The minimum absolute atomic E-state index is 0.0746. The van der Waals surface area contributed by atoms with Crippen molar-refractivity contribution in [1.82, 2.24) is 5.32 Å². The van der Waals surface area contributed by atoms with Gasteiger partial charge in [0.25, 0.3) is 0 Å². The molecular formula is C9H13NO2. The zero-order chi connectivity index (χ0) is 8.55. The van der Waals surface area contributed by atoms with Gasteiger partial charge in [0.2, 0.25) is 5.91 Å². The van der Waals surface area contributed by atoms with E-state index >= 15 is 0 Å². The number of amides is 1. The van der Waals surface area contributed by atoms with Crippen LogP contribution in [0.1, 0.15) is 32.1 Å². The predicted molar refractivity (Wildman–Crippen MR) is 43.5 cm³/mol. The van der Waals surface area contributed by atoms with Crippen molar-refractivity contribution in [3.63, 3.8) is 0 Å². The Labute approximate surface area is 71.5 Å². The molecule has 0 radical (unpaired) electrons. The van der Waals surface area contributed by atoms with Gasteiger partial charge in [0.05, 0.1) is 6.42 Å². The normalized spacial score (nSPS) is 22.0. The molecule has 0 spiro atoms. The molecule has 3 heteroatoms. The van der Waals surface area contributed by atoms with Crippen LogP contribution in [0.15, 0.2) is 0 Å². The van der Waals surface area contributed by atoms with Crippen LogP contribution in [0.4, 0.5) is 0 Å². The number of ketones is 1. The van der Waals surface area contributed by atoms with Crippen molar-refractivity contribution >= 4 is 11.7 Å². The molecule has 1 N–H and O–H groups in total. The molecule has 0 bridgehead atoms. The minimum Gasteiger partial charge on any atom is -0.353 e. The van der Waals surface area contributed by atoms with E-state index in [1.165, 1.54) is 0 Å². The topological polar surface area (TPSA) is 46.2 Å². The number of rotatable bonds is 4. The van der Waals surface area contributed by atoms with Gasteiger partial charge < -0.3 is 5.32 Å². The second-order valence-electron chi connectivity index (χ2n) is 3.76. The highest BCUT2D eigenvalue weighted by atomic mass is 16.2. The number of hydrogen-bond donors (Lipinski definition) is 1. The Balaban J connectivity index is 1.69. The predicted octanol–water partition coefficient (Wildman–Crippen LogP) is 0.634. The summed E-state index contributed by atoms with van der Waals surface area (Å²) >= 11 is 0. The number of nitrogens with one attached hydrogen (secondary N) is 1. The number of carbonyl (C=O) groups excluding carboxylic acids is 2. The smallest absolute Gasteiger partial charge is 0.227 e. The lowest BCUT2D eigenvalue weighted by Crippen LogP contribution is -2.27. The van der Waals surface area contributed by atoms with Crippen LogP contribution in [-0.2, 0) is 9.59 Å². The summed E-state index contributed by atoms with van der Waals surface area (Å²) < 4.78 is 0. The lowest BCUT2D eigenvalue weighted by atomic mass is 10.2. The van der Waals surface area contributed by atoms with Crippen molar-refractivity contribution in [3.8, 4) is 0 Å². The summed E-state index contributed by atoms with van der Waals surface area (Å²) in [5, 5.41) is 2.81. The van der Waals surface area contributed by atoms with Crippen LogP contribution in [0.3, 0.4) is 0 Å². The van der Waals surface area contributed by atoms with Crippen LogP contribution in [0.25, 0.3) is 0 Å². The molecular weight excluding hydrogens is 154 g/mol. The van der Waals surface area contributed by atoms with Crippen LogP contribution in [0.2, 0.25) is 0 Å². The monoisotopic (exact) mass is 167 g/mol. The molecule has 12 heavy (non-hydrogen) atoms. The van der Waals surface area contributed by atoms with Crippen LogP contribution in [-0.4, -0.2) is 17.7 Å². The molecule has 0 aromatic rings. The van der Waals surface area contributed by atoms with Gasteiger partial charge in [-0.2, -0.15) is 0 Å². The fourth-order valence-electron chi connectivity index (χ4n) is 1.21. The van der Waals surface area contributed by atoms with Gasteiger partial charge in [-0.1, -0.05) is 0 Å². The van der Waals surface area contributed by atoms with Crippen LogP contribution in [0, 0.1) is 5.92 Å². The second-order valence-corrected chi connectivity index (χ2v) is 3.76. The molecule has 2 aliphatic rings. The molecule has 0 aromatic carbocycles. The molecule has 2 saturated carbocycles. The third kappa shape index (κ3) is 2.06. The fourth-order valence-corrected chi connectivity index (χ4v) is 1.21. The zero-order valence-electron chi connectivity index (χ0n) is 7.01. The average molecular weight is 167 g/mol. The highest BCUT2D eigenvalue weighted by Gasteiger charge is 2.31. The molecule has 66 valence electrons. The lowest BCUT2D eigenvalue weighted by Gasteiger charge is -2.00. The van der Waals surface area contributed by atoms with Crippen molar-refractivity contribution in [2.45, 2.75) is 38.1 Å². The summed E-state index contributed by atoms with van der Waals surface area (Å²) in [6.07, 6.45) is 4.28. The third-order valence-corrected chi connectivity index (χ3v) is 2.31. The van der Waals surface area contributed by atoms with E-state index in [-0.39, 0.29) is 24.0 Å². The van der Waals surface area contributed by atoms with Gasteiger partial charge in [0, 0.05) is 12.0 Å². The summed E-state index contributed by atoms with van der Waals surface area (Å²) in [5.41, 5.74) is 0.